The molecule has 4 rings (SSSR count). The highest BCUT2D eigenvalue weighted by molar-refractivity contribution is 7.15. The van der Waals surface area contributed by atoms with E-state index in [1.165, 1.54) is 0 Å². The lowest BCUT2D eigenvalue weighted by Gasteiger charge is -2.16. The van der Waals surface area contributed by atoms with Crippen molar-refractivity contribution in [1.82, 2.24) is 24.3 Å². The molecule has 0 amide bonds. The zero-order valence-corrected chi connectivity index (χ0v) is 11.6. The van der Waals surface area contributed by atoms with E-state index in [9.17, 15) is 4.79 Å². The number of fused-ring (bicyclic) bond motifs is 2. The van der Waals surface area contributed by atoms with Crippen molar-refractivity contribution in [3.05, 3.63) is 51.4 Å². The molecular formula is C13H13N5OS. The minimum absolute atomic E-state index is 0.0628. The van der Waals surface area contributed by atoms with Crippen LogP contribution in [0.15, 0.2) is 28.9 Å². The lowest BCUT2D eigenvalue weighted by Crippen LogP contribution is -2.34. The van der Waals surface area contributed by atoms with Crippen LogP contribution in [0.5, 0.6) is 0 Å². The van der Waals surface area contributed by atoms with Crippen molar-refractivity contribution in [2.75, 3.05) is 6.54 Å². The Morgan fingerprint density at radius 3 is 3.30 bits per heavy atom. The molecule has 20 heavy (non-hydrogen) atoms. The highest BCUT2D eigenvalue weighted by Crippen LogP contribution is 2.12. The average Bonchev–Trinajstić information content (AvgIpc) is 3.03. The second-order valence-electron chi connectivity index (χ2n) is 4.85. The third kappa shape index (κ3) is 1.86. The molecule has 1 aliphatic heterocycles. The summed E-state index contributed by atoms with van der Waals surface area (Å²) in [7, 11) is 0. The number of aromatic nitrogens is 4. The lowest BCUT2D eigenvalue weighted by atomic mass is 10.1. The van der Waals surface area contributed by atoms with E-state index in [-0.39, 0.29) is 5.56 Å². The van der Waals surface area contributed by atoms with Gasteiger partial charge in [0.15, 0.2) is 4.96 Å². The van der Waals surface area contributed by atoms with Gasteiger partial charge in [0, 0.05) is 29.9 Å². The van der Waals surface area contributed by atoms with E-state index < -0.39 is 0 Å². The molecule has 0 atom stereocenters. The van der Waals surface area contributed by atoms with E-state index in [4.69, 9.17) is 0 Å². The molecule has 6 nitrogen and oxygen atoms in total. The fourth-order valence-corrected chi connectivity index (χ4v) is 3.25. The van der Waals surface area contributed by atoms with Gasteiger partial charge in [-0.3, -0.25) is 13.8 Å². The summed E-state index contributed by atoms with van der Waals surface area (Å²) in [4.78, 5) is 22.3. The van der Waals surface area contributed by atoms with Gasteiger partial charge in [-0.2, -0.15) is 0 Å². The van der Waals surface area contributed by atoms with Crippen LogP contribution in [-0.4, -0.2) is 25.5 Å². The maximum Gasteiger partial charge on any atom is 0.257 e. The van der Waals surface area contributed by atoms with Crippen molar-refractivity contribution in [3.63, 3.8) is 0 Å². The van der Waals surface area contributed by atoms with Crippen LogP contribution in [-0.2, 0) is 19.5 Å². The largest absolute Gasteiger partial charge is 0.311 e. The van der Waals surface area contributed by atoms with Gasteiger partial charge in [-0.1, -0.05) is 0 Å². The Morgan fingerprint density at radius 1 is 1.45 bits per heavy atom. The summed E-state index contributed by atoms with van der Waals surface area (Å²) in [6.07, 6.45) is 6.30. The summed E-state index contributed by atoms with van der Waals surface area (Å²) < 4.78 is 3.62. The van der Waals surface area contributed by atoms with Crippen LogP contribution < -0.4 is 10.9 Å². The minimum Gasteiger partial charge on any atom is -0.311 e. The zero-order valence-electron chi connectivity index (χ0n) is 10.7. The van der Waals surface area contributed by atoms with Gasteiger partial charge in [-0.15, -0.1) is 11.3 Å². The molecule has 0 saturated heterocycles. The van der Waals surface area contributed by atoms with Crippen LogP contribution in [0.1, 0.15) is 17.0 Å². The Kier molecular flexibility index (Phi) is 2.68. The van der Waals surface area contributed by atoms with Crippen LogP contribution in [0.2, 0.25) is 0 Å². The summed E-state index contributed by atoms with van der Waals surface area (Å²) in [6.45, 7) is 2.00. The van der Waals surface area contributed by atoms with Crippen molar-refractivity contribution < 1.29 is 0 Å². The normalized spacial score (nSPS) is 14.6. The number of imidazole rings is 1. The van der Waals surface area contributed by atoms with Crippen molar-refractivity contribution >= 4 is 16.3 Å². The number of nitrogens with one attached hydrogen (secondary N) is 1. The van der Waals surface area contributed by atoms with Gasteiger partial charge in [0.2, 0.25) is 0 Å². The second kappa shape index (κ2) is 4.53. The molecule has 3 aromatic rings. The van der Waals surface area contributed by atoms with Crippen LogP contribution in [0.3, 0.4) is 0 Å². The average molecular weight is 287 g/mol. The van der Waals surface area contributed by atoms with E-state index in [1.54, 1.807) is 22.2 Å². The van der Waals surface area contributed by atoms with E-state index in [1.807, 2.05) is 22.2 Å². The summed E-state index contributed by atoms with van der Waals surface area (Å²) >= 11 is 1.59. The van der Waals surface area contributed by atoms with E-state index >= 15 is 0 Å². The van der Waals surface area contributed by atoms with Crippen LogP contribution in [0.25, 0.3) is 4.96 Å². The van der Waals surface area contributed by atoms with E-state index in [0.717, 1.165) is 34.9 Å². The van der Waals surface area contributed by atoms with E-state index in [0.29, 0.717) is 13.1 Å². The molecule has 3 aromatic heterocycles. The predicted molar refractivity (Wildman–Crippen MR) is 76.1 cm³/mol. The third-order valence-electron chi connectivity index (χ3n) is 3.54. The van der Waals surface area contributed by atoms with Gasteiger partial charge < -0.3 is 5.32 Å². The number of hydrogen-bond donors (Lipinski definition) is 1. The van der Waals surface area contributed by atoms with Crippen molar-refractivity contribution in [2.24, 2.45) is 0 Å². The first kappa shape index (κ1) is 11.8. The second-order valence-corrected chi connectivity index (χ2v) is 5.73. The Hall–Kier alpha value is -1.99. The highest BCUT2D eigenvalue weighted by atomic mass is 32.1. The molecular weight excluding hydrogens is 274 g/mol. The number of rotatable bonds is 2. The molecule has 0 fully saturated rings. The van der Waals surface area contributed by atoms with Crippen LogP contribution in [0, 0.1) is 0 Å². The molecule has 102 valence electrons. The molecule has 0 saturated carbocycles. The van der Waals surface area contributed by atoms with Crippen molar-refractivity contribution in [1.29, 1.82) is 0 Å². The van der Waals surface area contributed by atoms with Gasteiger partial charge in [0.1, 0.15) is 0 Å². The van der Waals surface area contributed by atoms with Gasteiger partial charge in [-0.05, 0) is 13.0 Å². The molecule has 0 bridgehead atoms. The molecule has 1 aliphatic rings. The fraction of sp³-hybridized carbons (Fsp3) is 0.308. The molecule has 0 spiro atoms. The Morgan fingerprint density at radius 2 is 2.40 bits per heavy atom. The minimum atomic E-state index is 0.0628. The molecule has 7 heteroatoms. The molecule has 0 aliphatic carbocycles. The van der Waals surface area contributed by atoms with Crippen molar-refractivity contribution in [3.8, 4) is 0 Å². The Labute approximate surface area is 118 Å². The molecule has 4 heterocycles. The third-order valence-corrected chi connectivity index (χ3v) is 4.31. The summed E-state index contributed by atoms with van der Waals surface area (Å²) in [5, 5.41) is 5.22. The monoisotopic (exact) mass is 287 g/mol. The summed E-state index contributed by atoms with van der Waals surface area (Å²) in [5.41, 5.74) is 2.66. The number of thiazole rings is 1. The molecule has 0 unspecified atom stereocenters. The van der Waals surface area contributed by atoms with E-state index in [2.05, 4.69) is 15.3 Å². The first-order valence-corrected chi connectivity index (χ1v) is 7.38. The first-order valence-electron chi connectivity index (χ1n) is 6.50. The topological polar surface area (TPSA) is 64.2 Å². The van der Waals surface area contributed by atoms with Crippen LogP contribution in [0.4, 0.5) is 0 Å². The summed E-state index contributed by atoms with van der Waals surface area (Å²) in [6, 6.07) is 0. The lowest BCUT2D eigenvalue weighted by molar-refractivity contribution is 0.595. The maximum absolute atomic E-state index is 12.4. The van der Waals surface area contributed by atoms with Gasteiger partial charge in [0.25, 0.3) is 5.56 Å². The Bertz CT molecular complexity index is 802. The highest BCUT2D eigenvalue weighted by Gasteiger charge is 2.15. The number of hydrogen-bond acceptors (Lipinski definition) is 5. The molecule has 0 aromatic carbocycles. The fourth-order valence-electron chi connectivity index (χ4n) is 2.53. The summed E-state index contributed by atoms with van der Waals surface area (Å²) in [5.74, 6) is 0. The quantitative estimate of drug-likeness (QED) is 0.751. The molecule has 0 radical (unpaired) electrons. The van der Waals surface area contributed by atoms with Gasteiger partial charge >= 0.3 is 0 Å². The first-order chi connectivity index (χ1) is 9.81. The number of nitrogens with zero attached hydrogens (tertiary/aromatic N) is 4. The predicted octanol–water partition coefficient (Wildman–Crippen LogP) is 0.647. The molecule has 1 N–H and O–H groups in total. The van der Waals surface area contributed by atoms with Crippen LogP contribution >= 0.6 is 11.3 Å². The van der Waals surface area contributed by atoms with Gasteiger partial charge in [-0.25, -0.2) is 9.97 Å². The standard InChI is InChI=1S/C13H13N5OS/c19-12-10-1-2-14-5-11(10)15-8-18(12)7-9-6-17-3-4-20-13(17)16-9/h3-4,6,8,14H,1-2,5,7H2. The maximum atomic E-state index is 12.4. The van der Waals surface area contributed by atoms with Gasteiger partial charge in [0.05, 0.1) is 24.3 Å². The Balaban J connectivity index is 1.72. The smallest absolute Gasteiger partial charge is 0.257 e. The van der Waals surface area contributed by atoms with Crippen molar-refractivity contribution in [2.45, 2.75) is 19.5 Å². The SMILES string of the molecule is O=c1c2c(ncn1Cc1cn3ccsc3n1)CNCC2. The zero-order chi connectivity index (χ0) is 13.5.